The zero-order valence-electron chi connectivity index (χ0n) is 9.87. The van der Waals surface area contributed by atoms with Crippen LogP contribution in [0, 0.1) is 19.7 Å². The molecule has 0 radical (unpaired) electrons. The predicted molar refractivity (Wildman–Crippen MR) is 64.1 cm³/mol. The lowest BCUT2D eigenvalue weighted by atomic mass is 10.1. The smallest absolute Gasteiger partial charge is 0.128 e. The molecule has 1 aromatic carbocycles. The summed E-state index contributed by atoms with van der Waals surface area (Å²) < 4.78 is 15.8. The van der Waals surface area contributed by atoms with Crippen molar-refractivity contribution in [3.8, 4) is 0 Å². The first kappa shape index (κ1) is 10.9. The zero-order chi connectivity index (χ0) is 11.7. The van der Waals surface area contributed by atoms with Gasteiger partial charge in [-0.15, -0.1) is 0 Å². The first-order valence-electron chi connectivity index (χ1n) is 5.50. The quantitative estimate of drug-likeness (QED) is 0.720. The van der Waals surface area contributed by atoms with Crippen molar-refractivity contribution >= 4 is 0 Å². The third kappa shape index (κ3) is 1.75. The van der Waals surface area contributed by atoms with Gasteiger partial charge < -0.3 is 4.57 Å². The van der Waals surface area contributed by atoms with Crippen LogP contribution in [0.15, 0.2) is 36.4 Å². The molecule has 1 unspecified atom stereocenters. The SMILES string of the molecule is Cc1ccc(C)n1C(C)c1ccccc1F. The van der Waals surface area contributed by atoms with E-state index in [0.29, 0.717) is 0 Å². The Morgan fingerprint density at radius 2 is 1.56 bits per heavy atom. The summed E-state index contributed by atoms with van der Waals surface area (Å²) in [4.78, 5) is 0. The number of rotatable bonds is 2. The molecule has 0 saturated carbocycles. The van der Waals surface area contributed by atoms with E-state index < -0.39 is 0 Å². The first-order valence-corrected chi connectivity index (χ1v) is 5.50. The summed E-state index contributed by atoms with van der Waals surface area (Å²) in [5.41, 5.74) is 3.06. The van der Waals surface area contributed by atoms with Crippen LogP contribution in [0.1, 0.15) is 29.9 Å². The summed E-state index contributed by atoms with van der Waals surface area (Å²) in [6.45, 7) is 6.12. The van der Waals surface area contributed by atoms with Gasteiger partial charge >= 0.3 is 0 Å². The molecule has 1 nitrogen and oxygen atoms in total. The molecule has 84 valence electrons. The van der Waals surface area contributed by atoms with Gasteiger partial charge in [-0.2, -0.15) is 0 Å². The fourth-order valence-electron chi connectivity index (χ4n) is 2.24. The molecule has 0 amide bonds. The Labute approximate surface area is 95.5 Å². The zero-order valence-corrected chi connectivity index (χ0v) is 9.87. The third-order valence-electron chi connectivity index (χ3n) is 3.07. The van der Waals surface area contributed by atoms with Crippen molar-refractivity contribution in [2.75, 3.05) is 0 Å². The lowest BCUT2D eigenvalue weighted by molar-refractivity contribution is 0.546. The van der Waals surface area contributed by atoms with Gasteiger partial charge in [0.05, 0.1) is 6.04 Å². The summed E-state index contributed by atoms with van der Waals surface area (Å²) in [6.07, 6.45) is 0. The molecule has 1 heterocycles. The Morgan fingerprint density at radius 1 is 1.00 bits per heavy atom. The maximum Gasteiger partial charge on any atom is 0.128 e. The number of aryl methyl sites for hydroxylation is 2. The van der Waals surface area contributed by atoms with Gasteiger partial charge in [0.2, 0.25) is 0 Å². The van der Waals surface area contributed by atoms with E-state index in [0.717, 1.165) is 17.0 Å². The average molecular weight is 217 g/mol. The normalized spacial score (nSPS) is 12.8. The minimum atomic E-state index is -0.137. The monoisotopic (exact) mass is 217 g/mol. The minimum Gasteiger partial charge on any atom is -0.342 e. The topological polar surface area (TPSA) is 4.93 Å². The van der Waals surface area contributed by atoms with Gasteiger partial charge in [0.1, 0.15) is 5.82 Å². The standard InChI is InChI=1S/C14H16FN/c1-10-8-9-11(2)16(10)12(3)13-6-4-5-7-14(13)15/h4-9,12H,1-3H3. The molecule has 2 aromatic rings. The van der Waals surface area contributed by atoms with E-state index in [9.17, 15) is 4.39 Å². The molecule has 1 atom stereocenters. The molecule has 2 rings (SSSR count). The second-order valence-electron chi connectivity index (χ2n) is 4.18. The van der Waals surface area contributed by atoms with Gasteiger partial charge in [-0.05, 0) is 39.0 Å². The Balaban J connectivity index is 2.47. The fourth-order valence-corrected chi connectivity index (χ4v) is 2.24. The highest BCUT2D eigenvalue weighted by Crippen LogP contribution is 2.24. The van der Waals surface area contributed by atoms with Gasteiger partial charge in [-0.1, -0.05) is 18.2 Å². The van der Waals surface area contributed by atoms with Crippen molar-refractivity contribution < 1.29 is 4.39 Å². The van der Waals surface area contributed by atoms with Crippen LogP contribution in [0.4, 0.5) is 4.39 Å². The van der Waals surface area contributed by atoms with E-state index in [4.69, 9.17) is 0 Å². The van der Waals surface area contributed by atoms with Crippen LogP contribution >= 0.6 is 0 Å². The van der Waals surface area contributed by atoms with Crippen molar-refractivity contribution in [3.05, 3.63) is 59.2 Å². The summed E-state index contributed by atoms with van der Waals surface area (Å²) in [7, 11) is 0. The maximum atomic E-state index is 13.7. The molecule has 0 fully saturated rings. The third-order valence-corrected chi connectivity index (χ3v) is 3.07. The molecule has 0 spiro atoms. The van der Waals surface area contributed by atoms with Crippen molar-refractivity contribution in [2.45, 2.75) is 26.8 Å². The molecule has 0 aliphatic carbocycles. The predicted octanol–water partition coefficient (Wildman–Crippen LogP) is 3.85. The Hall–Kier alpha value is -1.57. The number of hydrogen-bond acceptors (Lipinski definition) is 0. The Kier molecular flexibility index (Phi) is 2.82. The van der Waals surface area contributed by atoms with Crippen molar-refractivity contribution in [1.82, 2.24) is 4.57 Å². The van der Waals surface area contributed by atoms with Gasteiger partial charge in [-0.25, -0.2) is 4.39 Å². The van der Waals surface area contributed by atoms with Gasteiger partial charge in [0.25, 0.3) is 0 Å². The van der Waals surface area contributed by atoms with E-state index in [1.807, 2.05) is 32.9 Å². The lowest BCUT2D eigenvalue weighted by Gasteiger charge is -2.19. The second kappa shape index (κ2) is 4.12. The van der Waals surface area contributed by atoms with Crippen LogP contribution < -0.4 is 0 Å². The molecular formula is C14H16FN. The summed E-state index contributed by atoms with van der Waals surface area (Å²) in [5.74, 6) is -0.137. The van der Waals surface area contributed by atoms with E-state index in [1.165, 1.54) is 6.07 Å². The second-order valence-corrected chi connectivity index (χ2v) is 4.18. The largest absolute Gasteiger partial charge is 0.342 e. The van der Waals surface area contributed by atoms with Crippen LogP contribution in [0.5, 0.6) is 0 Å². The number of benzene rings is 1. The molecule has 1 aromatic heterocycles. The summed E-state index contributed by atoms with van der Waals surface area (Å²) >= 11 is 0. The van der Waals surface area contributed by atoms with Gasteiger partial charge in [-0.3, -0.25) is 0 Å². The van der Waals surface area contributed by atoms with Crippen molar-refractivity contribution in [3.63, 3.8) is 0 Å². The highest BCUT2D eigenvalue weighted by molar-refractivity contribution is 5.25. The molecule has 0 N–H and O–H groups in total. The van der Waals surface area contributed by atoms with Crippen LogP contribution in [0.25, 0.3) is 0 Å². The summed E-state index contributed by atoms with van der Waals surface area (Å²) in [6, 6.07) is 11.1. The maximum absolute atomic E-state index is 13.7. The highest BCUT2D eigenvalue weighted by atomic mass is 19.1. The average Bonchev–Trinajstić information content (AvgIpc) is 2.58. The molecule has 0 saturated heterocycles. The van der Waals surface area contributed by atoms with E-state index in [1.54, 1.807) is 6.07 Å². The number of hydrogen-bond donors (Lipinski definition) is 0. The van der Waals surface area contributed by atoms with E-state index in [2.05, 4.69) is 16.7 Å². The first-order chi connectivity index (χ1) is 7.61. The van der Waals surface area contributed by atoms with Crippen LogP contribution in [-0.4, -0.2) is 4.57 Å². The summed E-state index contributed by atoms with van der Waals surface area (Å²) in [5, 5.41) is 0. The Morgan fingerprint density at radius 3 is 2.12 bits per heavy atom. The van der Waals surface area contributed by atoms with Crippen molar-refractivity contribution in [1.29, 1.82) is 0 Å². The van der Waals surface area contributed by atoms with E-state index in [-0.39, 0.29) is 11.9 Å². The van der Waals surface area contributed by atoms with Crippen LogP contribution in [0.2, 0.25) is 0 Å². The molecule has 0 aliphatic rings. The minimum absolute atomic E-state index is 0.0381. The van der Waals surface area contributed by atoms with E-state index >= 15 is 0 Å². The molecular weight excluding hydrogens is 201 g/mol. The molecule has 16 heavy (non-hydrogen) atoms. The molecule has 0 bridgehead atoms. The van der Waals surface area contributed by atoms with Crippen molar-refractivity contribution in [2.24, 2.45) is 0 Å². The number of aromatic nitrogens is 1. The molecule has 2 heteroatoms. The van der Waals surface area contributed by atoms with Gasteiger partial charge in [0.15, 0.2) is 0 Å². The number of nitrogens with zero attached hydrogens (tertiary/aromatic N) is 1. The fraction of sp³-hybridized carbons (Fsp3) is 0.286. The highest BCUT2D eigenvalue weighted by Gasteiger charge is 2.14. The lowest BCUT2D eigenvalue weighted by Crippen LogP contribution is -2.11. The number of halogens is 1. The van der Waals surface area contributed by atoms with Crippen LogP contribution in [-0.2, 0) is 0 Å². The van der Waals surface area contributed by atoms with Crippen LogP contribution in [0.3, 0.4) is 0 Å². The van der Waals surface area contributed by atoms with Gasteiger partial charge in [0, 0.05) is 17.0 Å². The molecule has 0 aliphatic heterocycles. The Bertz CT molecular complexity index is 480.